The number of benzene rings is 1. The summed E-state index contributed by atoms with van der Waals surface area (Å²) in [4.78, 5) is 10.6. The molecule has 1 heterocycles. The van der Waals surface area contributed by atoms with E-state index in [4.69, 9.17) is 5.11 Å². The fourth-order valence-corrected chi connectivity index (χ4v) is 1.29. The quantitative estimate of drug-likeness (QED) is 0.560. The van der Waals surface area contributed by atoms with E-state index in [1.165, 1.54) is 16.8 Å². The number of nitrogens with zero attached hydrogens (tertiary/aromatic N) is 4. The maximum absolute atomic E-state index is 10.6. The second-order valence-electron chi connectivity index (χ2n) is 2.74. The van der Waals surface area contributed by atoms with Gasteiger partial charge in [0.05, 0.1) is 11.3 Å². The van der Waals surface area contributed by atoms with Gasteiger partial charge in [0.25, 0.3) is 0 Å². The zero-order valence-corrected chi connectivity index (χ0v) is 8.30. The third-order valence-corrected chi connectivity index (χ3v) is 2.09. The van der Waals surface area contributed by atoms with Crippen molar-refractivity contribution in [3.63, 3.8) is 0 Å². The molecule has 0 aliphatic carbocycles. The zero-order chi connectivity index (χ0) is 10.8. The first-order valence-electron chi connectivity index (χ1n) is 3.99. The Hall–Kier alpha value is 0.110. The number of carbonyl (C=O) groups is 1. The van der Waals surface area contributed by atoms with Crippen molar-refractivity contribution in [3.8, 4) is 5.69 Å². The molecule has 0 saturated heterocycles. The third kappa shape index (κ3) is 4.06. The summed E-state index contributed by atoms with van der Waals surface area (Å²) in [6, 6.07) is 6.18. The van der Waals surface area contributed by atoms with Gasteiger partial charge in [0.1, 0.15) is 0 Å². The Morgan fingerprint density at radius 2 is 1.82 bits per heavy atom. The van der Waals surface area contributed by atoms with Gasteiger partial charge in [-0.3, -0.25) is 0 Å². The molecule has 0 unspecified atom stereocenters. The number of hydrogen-bond donors (Lipinski definition) is 2. The normalized spacial score (nSPS) is 9.00. The van der Waals surface area contributed by atoms with Crippen LogP contribution in [0.2, 0.25) is 0 Å². The molecule has 1 aromatic heterocycles. The summed E-state index contributed by atoms with van der Waals surface area (Å²) >= 11 is 4.04. The SMILES string of the molecule is O=C(O)c1ccc(-n2nnnc2S)cc1.[NaH].[NaH]. The predicted molar refractivity (Wildman–Crippen MR) is 67.7 cm³/mol. The van der Waals surface area contributed by atoms with Gasteiger partial charge in [-0.1, -0.05) is 0 Å². The number of rotatable bonds is 2. The van der Waals surface area contributed by atoms with Crippen LogP contribution in [0.4, 0.5) is 0 Å². The van der Waals surface area contributed by atoms with Gasteiger partial charge in [0, 0.05) is 0 Å². The Kier molecular flexibility index (Phi) is 7.57. The standard InChI is InChI=1S/C8H6N4O2S.2Na.2H/c13-7(14)5-1-3-6(4-2-5)12-8(15)9-10-11-12;;;;/h1-4H,(H,13,14)(H,9,11,15);;;;. The Balaban J connectivity index is 0.00000128. The van der Waals surface area contributed by atoms with Crippen LogP contribution in [0, 0.1) is 0 Å². The van der Waals surface area contributed by atoms with Crippen molar-refractivity contribution >= 4 is 77.7 Å². The number of carboxylic acids is 1. The van der Waals surface area contributed by atoms with Crippen LogP contribution in [-0.4, -0.2) is 90.4 Å². The maximum atomic E-state index is 10.6. The van der Waals surface area contributed by atoms with Crippen LogP contribution in [0.15, 0.2) is 29.4 Å². The summed E-state index contributed by atoms with van der Waals surface area (Å²) in [7, 11) is 0. The molecule has 1 N–H and O–H groups in total. The van der Waals surface area contributed by atoms with E-state index < -0.39 is 5.97 Å². The fraction of sp³-hybridized carbons (Fsp3) is 0. The Bertz CT molecular complexity index is 502. The van der Waals surface area contributed by atoms with E-state index in [1.807, 2.05) is 0 Å². The van der Waals surface area contributed by atoms with E-state index in [-0.39, 0.29) is 64.7 Å². The molecule has 1 aromatic carbocycles. The number of aromatic nitrogens is 4. The van der Waals surface area contributed by atoms with Crippen molar-refractivity contribution < 1.29 is 9.90 Å². The average molecular weight is 270 g/mol. The molecule has 0 fully saturated rings. The van der Waals surface area contributed by atoms with Gasteiger partial charge >= 0.3 is 65.1 Å². The summed E-state index contributed by atoms with van der Waals surface area (Å²) in [6.45, 7) is 0. The minimum absolute atomic E-state index is 0. The number of carboxylic acid groups (broad SMARTS) is 1. The van der Waals surface area contributed by atoms with E-state index in [0.717, 1.165) is 0 Å². The average Bonchev–Trinajstić information content (AvgIpc) is 2.65. The monoisotopic (exact) mass is 270 g/mol. The number of aromatic carboxylic acids is 1. The Morgan fingerprint density at radius 1 is 1.24 bits per heavy atom. The van der Waals surface area contributed by atoms with E-state index in [1.54, 1.807) is 12.1 Å². The summed E-state index contributed by atoms with van der Waals surface area (Å²) in [6.07, 6.45) is 0. The second-order valence-corrected chi connectivity index (χ2v) is 3.14. The fourth-order valence-electron chi connectivity index (χ4n) is 1.09. The number of hydrogen-bond acceptors (Lipinski definition) is 5. The van der Waals surface area contributed by atoms with Crippen LogP contribution in [-0.2, 0) is 0 Å². The van der Waals surface area contributed by atoms with Crippen molar-refractivity contribution in [1.29, 1.82) is 0 Å². The Morgan fingerprint density at radius 3 is 2.24 bits per heavy atom. The van der Waals surface area contributed by atoms with Gasteiger partial charge in [-0.2, -0.15) is 4.68 Å². The summed E-state index contributed by atoms with van der Waals surface area (Å²) < 4.78 is 1.40. The molecule has 0 atom stereocenters. The van der Waals surface area contributed by atoms with E-state index in [2.05, 4.69) is 28.2 Å². The van der Waals surface area contributed by atoms with Gasteiger partial charge in [-0.15, -0.1) is 17.7 Å². The van der Waals surface area contributed by atoms with Crippen LogP contribution < -0.4 is 0 Å². The van der Waals surface area contributed by atoms with E-state index >= 15 is 0 Å². The van der Waals surface area contributed by atoms with Crippen LogP contribution >= 0.6 is 12.6 Å². The summed E-state index contributed by atoms with van der Waals surface area (Å²) in [5.74, 6) is -0.968. The van der Waals surface area contributed by atoms with Crippen LogP contribution in [0.5, 0.6) is 0 Å². The third-order valence-electron chi connectivity index (χ3n) is 1.81. The molecule has 0 aliphatic rings. The molecule has 9 heteroatoms. The van der Waals surface area contributed by atoms with Gasteiger partial charge in [0.2, 0.25) is 5.16 Å². The van der Waals surface area contributed by atoms with Crippen molar-refractivity contribution in [2.45, 2.75) is 5.16 Å². The van der Waals surface area contributed by atoms with Gasteiger partial charge in [0.15, 0.2) is 0 Å². The van der Waals surface area contributed by atoms with Crippen molar-refractivity contribution in [2.75, 3.05) is 0 Å². The van der Waals surface area contributed by atoms with Gasteiger partial charge < -0.3 is 5.11 Å². The van der Waals surface area contributed by atoms with Crippen molar-refractivity contribution in [1.82, 2.24) is 20.2 Å². The predicted octanol–water partition coefficient (Wildman–Crippen LogP) is -0.648. The van der Waals surface area contributed by atoms with Crippen molar-refractivity contribution in [2.24, 2.45) is 0 Å². The molecular formula is C8H8N4Na2O2S. The molecule has 80 valence electrons. The first-order valence-corrected chi connectivity index (χ1v) is 4.44. The molecule has 2 rings (SSSR count). The van der Waals surface area contributed by atoms with Gasteiger partial charge in [-0.25, -0.2) is 4.79 Å². The van der Waals surface area contributed by atoms with Gasteiger partial charge in [-0.05, 0) is 34.7 Å². The molecule has 2 aromatic rings. The Labute approximate surface area is 147 Å². The molecule has 0 spiro atoms. The summed E-state index contributed by atoms with van der Waals surface area (Å²) in [5.41, 5.74) is 0.877. The van der Waals surface area contributed by atoms with Crippen LogP contribution in [0.25, 0.3) is 5.69 Å². The summed E-state index contributed by atoms with van der Waals surface area (Å²) in [5, 5.41) is 19.8. The molecule has 0 amide bonds. The van der Waals surface area contributed by atoms with Crippen LogP contribution in [0.3, 0.4) is 0 Å². The molecule has 0 bridgehead atoms. The van der Waals surface area contributed by atoms with E-state index in [9.17, 15) is 4.79 Å². The molecule has 0 aliphatic heterocycles. The van der Waals surface area contributed by atoms with E-state index in [0.29, 0.717) is 10.8 Å². The molecule has 6 nitrogen and oxygen atoms in total. The zero-order valence-electron chi connectivity index (χ0n) is 7.40. The number of thiol groups is 1. The van der Waals surface area contributed by atoms with Crippen LogP contribution in [0.1, 0.15) is 10.4 Å². The second kappa shape index (κ2) is 7.52. The minimum atomic E-state index is -0.968. The van der Waals surface area contributed by atoms with Crippen molar-refractivity contribution in [3.05, 3.63) is 29.8 Å². The molecule has 0 radical (unpaired) electrons. The molecular weight excluding hydrogens is 262 g/mol. The molecule has 17 heavy (non-hydrogen) atoms. The first-order chi connectivity index (χ1) is 7.18. The number of tetrazole rings is 1. The topological polar surface area (TPSA) is 80.9 Å². The first kappa shape index (κ1) is 17.1. The molecule has 0 saturated carbocycles.